The van der Waals surface area contributed by atoms with Gasteiger partial charge >= 0.3 is 0 Å². The first-order valence-corrected chi connectivity index (χ1v) is 8.89. The van der Waals surface area contributed by atoms with Crippen molar-refractivity contribution in [2.75, 3.05) is 7.11 Å². The number of benzene rings is 2. The lowest BCUT2D eigenvalue weighted by Crippen LogP contribution is -2.64. The van der Waals surface area contributed by atoms with Crippen molar-refractivity contribution in [2.45, 2.75) is 23.7 Å². The molecule has 3 N–H and O–H groups in total. The van der Waals surface area contributed by atoms with Crippen molar-refractivity contribution in [2.24, 2.45) is 0 Å². The first-order valence-electron chi connectivity index (χ1n) is 7.84. The molecular formula is C18H21N3O2S. The van der Waals surface area contributed by atoms with Gasteiger partial charge in [-0.2, -0.15) is 0 Å². The van der Waals surface area contributed by atoms with Gasteiger partial charge in [-0.15, -0.1) is 11.8 Å². The molecule has 2 aromatic carbocycles. The van der Waals surface area contributed by atoms with Crippen molar-refractivity contribution in [3.63, 3.8) is 0 Å². The Kier molecular flexibility index (Phi) is 5.74. The van der Waals surface area contributed by atoms with E-state index in [1.807, 2.05) is 54.6 Å². The van der Waals surface area contributed by atoms with E-state index in [9.17, 15) is 4.79 Å². The highest BCUT2D eigenvalue weighted by molar-refractivity contribution is 7.99. The molecule has 2 unspecified atom stereocenters. The zero-order chi connectivity index (χ0) is 16.8. The molecule has 1 fully saturated rings. The van der Waals surface area contributed by atoms with Crippen molar-refractivity contribution in [1.82, 2.24) is 16.2 Å². The molecule has 24 heavy (non-hydrogen) atoms. The lowest BCUT2D eigenvalue weighted by Gasteiger charge is -2.31. The van der Waals surface area contributed by atoms with E-state index >= 15 is 0 Å². The quantitative estimate of drug-likeness (QED) is 0.749. The molecule has 1 aliphatic heterocycles. The van der Waals surface area contributed by atoms with E-state index in [0.717, 1.165) is 17.1 Å². The van der Waals surface area contributed by atoms with Gasteiger partial charge in [-0.1, -0.05) is 42.5 Å². The molecule has 1 saturated heterocycles. The molecule has 1 aliphatic rings. The van der Waals surface area contributed by atoms with Crippen LogP contribution >= 0.6 is 11.8 Å². The number of hydrogen-bond donors (Lipinski definition) is 3. The minimum absolute atomic E-state index is 0.0184. The lowest BCUT2D eigenvalue weighted by molar-refractivity contribution is -0.125. The van der Waals surface area contributed by atoms with Crippen LogP contribution in [0.1, 0.15) is 11.1 Å². The second kappa shape index (κ2) is 8.19. The van der Waals surface area contributed by atoms with E-state index in [2.05, 4.69) is 16.2 Å². The summed E-state index contributed by atoms with van der Waals surface area (Å²) in [7, 11) is 1.66. The maximum atomic E-state index is 12.3. The van der Waals surface area contributed by atoms with Gasteiger partial charge in [-0.05, 0) is 29.7 Å². The SMILES string of the molecule is COc1ccc(CSC2NNC(Cc3ccccc3)C(=O)N2)cc1. The zero-order valence-corrected chi connectivity index (χ0v) is 14.3. The van der Waals surface area contributed by atoms with E-state index in [-0.39, 0.29) is 17.4 Å². The van der Waals surface area contributed by atoms with Crippen LogP contribution in [-0.2, 0) is 17.0 Å². The van der Waals surface area contributed by atoms with Gasteiger partial charge in [0.15, 0.2) is 0 Å². The summed E-state index contributed by atoms with van der Waals surface area (Å²) in [5.41, 5.74) is 8.46. The van der Waals surface area contributed by atoms with Crippen LogP contribution in [0.2, 0.25) is 0 Å². The Morgan fingerprint density at radius 2 is 1.75 bits per heavy atom. The molecular weight excluding hydrogens is 322 g/mol. The smallest absolute Gasteiger partial charge is 0.240 e. The number of ether oxygens (including phenoxy) is 1. The van der Waals surface area contributed by atoms with Gasteiger partial charge in [0.2, 0.25) is 5.91 Å². The largest absolute Gasteiger partial charge is 0.497 e. The van der Waals surface area contributed by atoms with Crippen molar-refractivity contribution < 1.29 is 9.53 Å². The van der Waals surface area contributed by atoms with E-state index < -0.39 is 0 Å². The molecule has 126 valence electrons. The number of hydrogen-bond acceptors (Lipinski definition) is 5. The molecule has 0 radical (unpaired) electrons. The van der Waals surface area contributed by atoms with Crippen LogP contribution in [0.5, 0.6) is 5.75 Å². The van der Waals surface area contributed by atoms with Gasteiger partial charge in [0, 0.05) is 5.75 Å². The molecule has 0 aliphatic carbocycles. The van der Waals surface area contributed by atoms with E-state index in [1.165, 1.54) is 5.56 Å². The second-order valence-electron chi connectivity index (χ2n) is 5.58. The number of methoxy groups -OCH3 is 1. The Hall–Kier alpha value is -2.02. The highest BCUT2D eigenvalue weighted by Gasteiger charge is 2.27. The van der Waals surface area contributed by atoms with Gasteiger partial charge in [-0.3, -0.25) is 4.79 Å². The van der Waals surface area contributed by atoms with E-state index in [0.29, 0.717) is 6.42 Å². The average molecular weight is 343 g/mol. The van der Waals surface area contributed by atoms with Gasteiger partial charge < -0.3 is 10.1 Å². The number of carbonyl (C=O) groups is 1. The summed E-state index contributed by atoms with van der Waals surface area (Å²) in [6.07, 6.45) is 0.662. The molecule has 2 atom stereocenters. The van der Waals surface area contributed by atoms with Crippen LogP contribution in [0.4, 0.5) is 0 Å². The maximum Gasteiger partial charge on any atom is 0.240 e. The standard InChI is InChI=1S/C18H21N3O2S/c1-23-15-9-7-14(8-10-15)12-24-18-19-17(22)16(20-21-18)11-13-5-3-2-4-6-13/h2-10,16,18,20-21H,11-12H2,1H3,(H,19,22). The van der Waals surface area contributed by atoms with Gasteiger partial charge in [-0.25, -0.2) is 10.9 Å². The topological polar surface area (TPSA) is 62.4 Å². The normalized spacial score (nSPS) is 20.5. The average Bonchev–Trinajstić information content (AvgIpc) is 2.63. The molecule has 0 saturated carbocycles. The third-order valence-corrected chi connectivity index (χ3v) is 4.91. The Morgan fingerprint density at radius 1 is 1.00 bits per heavy atom. The summed E-state index contributed by atoms with van der Waals surface area (Å²) < 4.78 is 5.15. The number of hydrazine groups is 1. The molecule has 3 rings (SSSR count). The predicted octanol–water partition coefficient (Wildman–Crippen LogP) is 2.05. The fourth-order valence-electron chi connectivity index (χ4n) is 2.49. The monoisotopic (exact) mass is 343 g/mol. The number of nitrogens with one attached hydrogen (secondary N) is 3. The van der Waals surface area contributed by atoms with Crippen molar-refractivity contribution in [3.8, 4) is 5.75 Å². The number of rotatable bonds is 6. The molecule has 1 heterocycles. The lowest BCUT2D eigenvalue weighted by atomic mass is 10.1. The summed E-state index contributed by atoms with van der Waals surface area (Å²) in [5, 5.41) is 3.01. The Labute approximate surface area is 146 Å². The van der Waals surface area contributed by atoms with Crippen molar-refractivity contribution >= 4 is 17.7 Å². The minimum Gasteiger partial charge on any atom is -0.497 e. The van der Waals surface area contributed by atoms with Gasteiger partial charge in [0.1, 0.15) is 17.3 Å². The number of carbonyl (C=O) groups excluding carboxylic acids is 1. The molecule has 1 amide bonds. The summed E-state index contributed by atoms with van der Waals surface area (Å²) in [4.78, 5) is 12.3. The number of thioether (sulfide) groups is 1. The third-order valence-electron chi connectivity index (χ3n) is 3.84. The molecule has 6 heteroatoms. The first kappa shape index (κ1) is 16.8. The fraction of sp³-hybridized carbons (Fsp3) is 0.278. The molecule has 0 bridgehead atoms. The molecule has 2 aromatic rings. The summed E-state index contributed by atoms with van der Waals surface area (Å²) in [6, 6.07) is 17.7. The van der Waals surface area contributed by atoms with E-state index in [4.69, 9.17) is 4.74 Å². The summed E-state index contributed by atoms with van der Waals surface area (Å²) >= 11 is 1.63. The predicted molar refractivity (Wildman–Crippen MR) is 96.4 cm³/mol. The van der Waals surface area contributed by atoms with Crippen molar-refractivity contribution in [3.05, 3.63) is 65.7 Å². The van der Waals surface area contributed by atoms with Crippen LogP contribution in [0, 0.1) is 0 Å². The molecule has 0 spiro atoms. The van der Waals surface area contributed by atoms with Crippen LogP contribution in [0.25, 0.3) is 0 Å². The maximum absolute atomic E-state index is 12.3. The first-order chi connectivity index (χ1) is 11.7. The van der Waals surface area contributed by atoms with Crippen LogP contribution < -0.4 is 20.9 Å². The zero-order valence-electron chi connectivity index (χ0n) is 13.5. The Morgan fingerprint density at radius 3 is 2.42 bits per heavy atom. The minimum atomic E-state index is -0.259. The second-order valence-corrected chi connectivity index (χ2v) is 6.67. The van der Waals surface area contributed by atoms with Gasteiger partial charge in [0.25, 0.3) is 0 Å². The summed E-state index contributed by atoms with van der Waals surface area (Å²) in [6.45, 7) is 0. The van der Waals surface area contributed by atoms with Crippen LogP contribution in [0.15, 0.2) is 54.6 Å². The molecule has 5 nitrogen and oxygen atoms in total. The Balaban J connectivity index is 1.47. The fourth-order valence-corrected chi connectivity index (χ4v) is 3.39. The Bertz CT molecular complexity index is 664. The van der Waals surface area contributed by atoms with Crippen molar-refractivity contribution in [1.29, 1.82) is 0 Å². The number of amides is 1. The van der Waals surface area contributed by atoms with E-state index in [1.54, 1.807) is 18.9 Å². The van der Waals surface area contributed by atoms with Crippen LogP contribution in [-0.4, -0.2) is 24.6 Å². The highest BCUT2D eigenvalue weighted by Crippen LogP contribution is 2.19. The highest BCUT2D eigenvalue weighted by atomic mass is 32.2. The summed E-state index contributed by atoms with van der Waals surface area (Å²) in [5.74, 6) is 1.66. The van der Waals surface area contributed by atoms with Gasteiger partial charge in [0.05, 0.1) is 7.11 Å². The third kappa shape index (κ3) is 4.50. The van der Waals surface area contributed by atoms with Crippen LogP contribution in [0.3, 0.4) is 0 Å². The molecule has 0 aromatic heterocycles.